The number of imidazole rings is 1. The van der Waals surface area contributed by atoms with Gasteiger partial charge < -0.3 is 15.5 Å². The second-order valence-electron chi connectivity index (χ2n) is 4.96. The first-order valence-electron chi connectivity index (χ1n) is 6.50. The smallest absolute Gasteiger partial charge is 0.122 e. The Morgan fingerprint density at radius 2 is 2.11 bits per heavy atom. The summed E-state index contributed by atoms with van der Waals surface area (Å²) in [5.41, 5.74) is 9.93. The maximum atomic E-state index is 5.76. The largest absolute Gasteiger partial charge is 0.496 e. The first-order valence-corrected chi connectivity index (χ1v) is 6.50. The highest BCUT2D eigenvalue weighted by atomic mass is 16.5. The van der Waals surface area contributed by atoms with Gasteiger partial charge in [-0.05, 0) is 36.6 Å². The number of nitrogens with one attached hydrogen (secondary N) is 1. The van der Waals surface area contributed by atoms with Gasteiger partial charge in [-0.1, -0.05) is 13.8 Å². The van der Waals surface area contributed by atoms with Gasteiger partial charge in [-0.15, -0.1) is 0 Å². The molecule has 0 aliphatic carbocycles. The van der Waals surface area contributed by atoms with Crippen molar-refractivity contribution in [2.45, 2.75) is 33.2 Å². The molecule has 0 spiro atoms. The van der Waals surface area contributed by atoms with Crippen molar-refractivity contribution in [2.24, 2.45) is 5.73 Å². The molecule has 2 rings (SSSR count). The Morgan fingerprint density at radius 3 is 2.68 bits per heavy atom. The van der Waals surface area contributed by atoms with Crippen molar-refractivity contribution in [1.29, 1.82) is 0 Å². The number of methoxy groups -OCH3 is 1. The molecular formula is C15H21N3O. The molecule has 0 radical (unpaired) electrons. The number of hydrogen-bond donors (Lipinski definition) is 2. The van der Waals surface area contributed by atoms with Crippen LogP contribution in [0.5, 0.6) is 5.75 Å². The van der Waals surface area contributed by atoms with E-state index in [9.17, 15) is 0 Å². The lowest BCUT2D eigenvalue weighted by molar-refractivity contribution is 0.407. The zero-order valence-electron chi connectivity index (χ0n) is 11.9. The van der Waals surface area contributed by atoms with Gasteiger partial charge in [0.25, 0.3) is 0 Å². The molecule has 0 amide bonds. The van der Waals surface area contributed by atoms with Gasteiger partial charge in [0.15, 0.2) is 0 Å². The third kappa shape index (κ3) is 2.63. The Kier molecular flexibility index (Phi) is 3.90. The molecule has 3 N–H and O–H groups in total. The van der Waals surface area contributed by atoms with Crippen LogP contribution in [0, 0.1) is 6.92 Å². The lowest BCUT2D eigenvalue weighted by Gasteiger charge is -2.13. The number of H-pyrrole nitrogens is 1. The second-order valence-corrected chi connectivity index (χ2v) is 4.96. The number of nitrogens with zero attached hydrogens (tertiary/aromatic N) is 1. The quantitative estimate of drug-likeness (QED) is 0.887. The average molecular weight is 259 g/mol. The summed E-state index contributed by atoms with van der Waals surface area (Å²) in [6.45, 7) is 6.71. The van der Waals surface area contributed by atoms with Crippen LogP contribution >= 0.6 is 0 Å². The zero-order valence-corrected chi connectivity index (χ0v) is 11.9. The molecule has 102 valence electrons. The molecule has 0 aliphatic heterocycles. The Bertz CT molecular complexity index is 573. The summed E-state index contributed by atoms with van der Waals surface area (Å²) in [4.78, 5) is 7.73. The average Bonchev–Trinajstić information content (AvgIpc) is 2.79. The molecule has 4 nitrogen and oxygen atoms in total. The summed E-state index contributed by atoms with van der Waals surface area (Å²) in [7, 11) is 1.70. The van der Waals surface area contributed by atoms with Crippen LogP contribution in [-0.2, 0) is 6.54 Å². The second kappa shape index (κ2) is 5.45. The Balaban J connectivity index is 2.53. The lowest BCUT2D eigenvalue weighted by atomic mass is 9.98. The maximum absolute atomic E-state index is 5.76. The summed E-state index contributed by atoms with van der Waals surface area (Å²) in [6, 6.07) is 6.16. The maximum Gasteiger partial charge on any atom is 0.122 e. The Morgan fingerprint density at radius 1 is 1.37 bits per heavy atom. The third-order valence-electron chi connectivity index (χ3n) is 3.23. The van der Waals surface area contributed by atoms with Crippen LogP contribution in [0.2, 0.25) is 0 Å². The molecule has 0 fully saturated rings. The topological polar surface area (TPSA) is 63.9 Å². The number of nitrogens with two attached hydrogens (primary N) is 1. The van der Waals surface area contributed by atoms with Gasteiger partial charge in [0.1, 0.15) is 11.6 Å². The summed E-state index contributed by atoms with van der Waals surface area (Å²) < 4.78 is 5.41. The summed E-state index contributed by atoms with van der Waals surface area (Å²) >= 11 is 0. The van der Waals surface area contributed by atoms with E-state index < -0.39 is 0 Å². The molecule has 0 saturated heterocycles. The predicted molar refractivity (Wildman–Crippen MR) is 77.3 cm³/mol. The number of benzene rings is 1. The fourth-order valence-corrected chi connectivity index (χ4v) is 2.26. The Hall–Kier alpha value is -1.81. The number of aromatic nitrogens is 2. The van der Waals surface area contributed by atoms with Gasteiger partial charge in [-0.25, -0.2) is 4.98 Å². The predicted octanol–water partition coefficient (Wildman–Crippen LogP) is 2.98. The van der Waals surface area contributed by atoms with Crippen LogP contribution in [0.3, 0.4) is 0 Å². The fourth-order valence-electron chi connectivity index (χ4n) is 2.26. The zero-order chi connectivity index (χ0) is 14.0. The van der Waals surface area contributed by atoms with Crippen LogP contribution < -0.4 is 10.5 Å². The minimum atomic E-state index is 0.399. The highest BCUT2D eigenvalue weighted by molar-refractivity contribution is 5.65. The number of rotatable bonds is 4. The van der Waals surface area contributed by atoms with E-state index in [1.54, 1.807) is 7.11 Å². The van der Waals surface area contributed by atoms with Gasteiger partial charge in [0.05, 0.1) is 18.5 Å². The van der Waals surface area contributed by atoms with Gasteiger partial charge in [0.2, 0.25) is 0 Å². The summed E-state index contributed by atoms with van der Waals surface area (Å²) in [5, 5.41) is 0. The van der Waals surface area contributed by atoms with Crippen molar-refractivity contribution in [3.8, 4) is 17.0 Å². The molecule has 0 aliphatic rings. The van der Waals surface area contributed by atoms with E-state index in [1.807, 2.05) is 19.1 Å². The monoisotopic (exact) mass is 259 g/mol. The van der Waals surface area contributed by atoms with Crippen LogP contribution in [0.4, 0.5) is 0 Å². The van der Waals surface area contributed by atoms with Crippen molar-refractivity contribution in [1.82, 2.24) is 9.97 Å². The van der Waals surface area contributed by atoms with Gasteiger partial charge in [-0.2, -0.15) is 0 Å². The molecule has 4 heteroatoms. The van der Waals surface area contributed by atoms with Gasteiger partial charge in [0, 0.05) is 12.1 Å². The highest BCUT2D eigenvalue weighted by Gasteiger charge is 2.13. The Labute approximate surface area is 114 Å². The van der Waals surface area contributed by atoms with E-state index in [2.05, 4.69) is 29.9 Å². The minimum Gasteiger partial charge on any atom is -0.496 e. The van der Waals surface area contributed by atoms with Crippen LogP contribution in [0.1, 0.15) is 36.8 Å². The SMILES string of the molecule is COc1ccc(-c2nc(C)[nH]c2CN)cc1C(C)C. The van der Waals surface area contributed by atoms with Crippen LogP contribution in [0.15, 0.2) is 18.2 Å². The van der Waals surface area contributed by atoms with Crippen molar-refractivity contribution >= 4 is 0 Å². The molecule has 1 aromatic heterocycles. The molecule has 0 atom stereocenters. The van der Waals surface area contributed by atoms with Crippen LogP contribution in [0.25, 0.3) is 11.3 Å². The fraction of sp³-hybridized carbons (Fsp3) is 0.400. The molecule has 1 heterocycles. The standard InChI is InChI=1S/C15H21N3O/c1-9(2)12-7-11(5-6-14(12)19-4)15-13(8-16)17-10(3)18-15/h5-7,9H,8,16H2,1-4H3,(H,17,18). The van der Waals surface area contributed by atoms with Crippen LogP contribution in [-0.4, -0.2) is 17.1 Å². The van der Waals surface area contributed by atoms with E-state index in [-0.39, 0.29) is 0 Å². The molecule has 0 bridgehead atoms. The summed E-state index contributed by atoms with van der Waals surface area (Å²) in [5.74, 6) is 2.20. The number of hydrogen-bond acceptors (Lipinski definition) is 3. The normalized spacial score (nSPS) is 11.1. The van der Waals surface area contributed by atoms with Gasteiger partial charge >= 0.3 is 0 Å². The van der Waals surface area contributed by atoms with Crippen molar-refractivity contribution in [2.75, 3.05) is 7.11 Å². The molecular weight excluding hydrogens is 238 g/mol. The number of aromatic amines is 1. The van der Waals surface area contributed by atoms with Crippen molar-refractivity contribution in [3.05, 3.63) is 35.3 Å². The summed E-state index contributed by atoms with van der Waals surface area (Å²) in [6.07, 6.45) is 0. The molecule has 19 heavy (non-hydrogen) atoms. The third-order valence-corrected chi connectivity index (χ3v) is 3.23. The van der Waals surface area contributed by atoms with E-state index in [4.69, 9.17) is 10.5 Å². The van der Waals surface area contributed by atoms with Gasteiger partial charge in [-0.3, -0.25) is 0 Å². The van der Waals surface area contributed by atoms with Crippen molar-refractivity contribution in [3.63, 3.8) is 0 Å². The first kappa shape index (κ1) is 13.6. The molecule has 0 unspecified atom stereocenters. The number of aryl methyl sites for hydroxylation is 1. The van der Waals surface area contributed by atoms with E-state index in [1.165, 1.54) is 5.56 Å². The van der Waals surface area contributed by atoms with E-state index in [0.717, 1.165) is 28.5 Å². The number of ether oxygens (including phenoxy) is 1. The van der Waals surface area contributed by atoms with E-state index >= 15 is 0 Å². The highest BCUT2D eigenvalue weighted by Crippen LogP contribution is 2.31. The molecule has 1 aromatic carbocycles. The molecule has 0 saturated carbocycles. The first-order chi connectivity index (χ1) is 9.06. The minimum absolute atomic E-state index is 0.399. The lowest BCUT2D eigenvalue weighted by Crippen LogP contribution is -2.00. The molecule has 2 aromatic rings. The van der Waals surface area contributed by atoms with E-state index in [0.29, 0.717) is 12.5 Å². The van der Waals surface area contributed by atoms with Crippen molar-refractivity contribution < 1.29 is 4.74 Å².